The first-order valence-corrected chi connectivity index (χ1v) is 9.98. The molecule has 146 valence electrons. The third-order valence-corrected chi connectivity index (χ3v) is 4.68. The molecule has 0 aliphatic carbocycles. The van der Waals surface area contributed by atoms with Crippen LogP contribution >= 0.6 is 23.2 Å². The summed E-state index contributed by atoms with van der Waals surface area (Å²) in [6.07, 6.45) is 0.812. The number of benzene rings is 3. The van der Waals surface area contributed by atoms with Crippen LogP contribution in [-0.2, 0) is 6.42 Å². The summed E-state index contributed by atoms with van der Waals surface area (Å²) in [5.74, 6) is 1.47. The molecule has 5 heteroatoms. The normalized spacial score (nSPS) is 11.7. The molecule has 0 saturated heterocycles. The van der Waals surface area contributed by atoms with E-state index in [-0.39, 0.29) is 6.10 Å². The molecule has 0 aliphatic rings. The minimum atomic E-state index is -0.0682. The molecule has 0 aliphatic heterocycles. The zero-order chi connectivity index (χ0) is 19.8. The number of halogens is 2. The van der Waals surface area contributed by atoms with Crippen molar-refractivity contribution in [2.75, 3.05) is 18.5 Å². The van der Waals surface area contributed by atoms with Crippen molar-refractivity contribution in [2.45, 2.75) is 19.4 Å². The van der Waals surface area contributed by atoms with E-state index in [1.54, 1.807) is 18.2 Å². The molecule has 0 radical (unpaired) electrons. The van der Waals surface area contributed by atoms with E-state index in [0.717, 1.165) is 17.9 Å². The first-order valence-electron chi connectivity index (χ1n) is 9.22. The molecule has 0 bridgehead atoms. The minimum absolute atomic E-state index is 0.0682. The molecular weight excluding hydrogens is 393 g/mol. The highest BCUT2D eigenvalue weighted by atomic mass is 35.5. The van der Waals surface area contributed by atoms with Crippen LogP contribution in [0.2, 0.25) is 10.0 Å². The topological polar surface area (TPSA) is 30.5 Å². The quantitative estimate of drug-likeness (QED) is 0.432. The highest BCUT2D eigenvalue weighted by Crippen LogP contribution is 2.28. The summed E-state index contributed by atoms with van der Waals surface area (Å²) < 4.78 is 11.8. The van der Waals surface area contributed by atoms with E-state index >= 15 is 0 Å². The van der Waals surface area contributed by atoms with Crippen LogP contribution in [0.1, 0.15) is 12.5 Å². The third kappa shape index (κ3) is 6.36. The number of anilines is 1. The smallest absolute Gasteiger partial charge is 0.138 e. The highest BCUT2D eigenvalue weighted by Gasteiger charge is 2.08. The Morgan fingerprint density at radius 1 is 0.929 bits per heavy atom. The molecule has 3 aromatic carbocycles. The second kappa shape index (κ2) is 10.3. The van der Waals surface area contributed by atoms with E-state index < -0.39 is 0 Å². The Hall–Kier alpha value is -2.36. The van der Waals surface area contributed by atoms with Crippen molar-refractivity contribution in [2.24, 2.45) is 0 Å². The lowest BCUT2D eigenvalue weighted by Crippen LogP contribution is -2.22. The van der Waals surface area contributed by atoms with Crippen LogP contribution in [-0.4, -0.2) is 19.3 Å². The summed E-state index contributed by atoms with van der Waals surface area (Å²) in [7, 11) is 0. The Bertz CT molecular complexity index is 887. The SMILES string of the molecule is CC(CNc1cccc(OCCc2ccccc2)c1)Oc1ccc(Cl)cc1Cl. The van der Waals surface area contributed by atoms with Gasteiger partial charge in [0.05, 0.1) is 18.2 Å². The van der Waals surface area contributed by atoms with Gasteiger partial charge in [-0.25, -0.2) is 0 Å². The van der Waals surface area contributed by atoms with Crippen molar-refractivity contribution in [3.8, 4) is 11.5 Å². The van der Waals surface area contributed by atoms with Crippen LogP contribution in [0.4, 0.5) is 5.69 Å². The molecule has 3 aromatic rings. The summed E-state index contributed by atoms with van der Waals surface area (Å²) in [6, 6.07) is 23.5. The lowest BCUT2D eigenvalue weighted by atomic mass is 10.2. The minimum Gasteiger partial charge on any atom is -0.493 e. The van der Waals surface area contributed by atoms with Crippen molar-refractivity contribution in [3.05, 3.63) is 88.4 Å². The molecule has 0 spiro atoms. The maximum atomic E-state index is 6.16. The zero-order valence-corrected chi connectivity index (χ0v) is 17.2. The van der Waals surface area contributed by atoms with E-state index in [9.17, 15) is 0 Å². The monoisotopic (exact) mass is 415 g/mol. The average Bonchev–Trinajstić information content (AvgIpc) is 2.70. The summed E-state index contributed by atoms with van der Waals surface area (Å²) in [6.45, 7) is 3.26. The van der Waals surface area contributed by atoms with Gasteiger partial charge in [-0.2, -0.15) is 0 Å². The van der Waals surface area contributed by atoms with Crippen molar-refractivity contribution in [1.29, 1.82) is 0 Å². The Kier molecular flexibility index (Phi) is 7.46. The average molecular weight is 416 g/mol. The van der Waals surface area contributed by atoms with E-state index in [4.69, 9.17) is 32.7 Å². The third-order valence-electron chi connectivity index (χ3n) is 4.15. The summed E-state index contributed by atoms with van der Waals surface area (Å²) in [5, 5.41) is 4.47. The number of hydrogen-bond acceptors (Lipinski definition) is 3. The Labute approximate surface area is 176 Å². The van der Waals surface area contributed by atoms with Crippen LogP contribution < -0.4 is 14.8 Å². The van der Waals surface area contributed by atoms with Crippen molar-refractivity contribution >= 4 is 28.9 Å². The lowest BCUT2D eigenvalue weighted by molar-refractivity contribution is 0.235. The van der Waals surface area contributed by atoms with Crippen LogP contribution in [0.5, 0.6) is 11.5 Å². The molecule has 0 fully saturated rings. The summed E-state index contributed by atoms with van der Waals surface area (Å²) in [5.41, 5.74) is 2.25. The predicted octanol–water partition coefficient (Wildman–Crippen LogP) is 6.49. The zero-order valence-electron chi connectivity index (χ0n) is 15.7. The van der Waals surface area contributed by atoms with Crippen LogP contribution in [0, 0.1) is 0 Å². The Morgan fingerprint density at radius 2 is 1.75 bits per heavy atom. The van der Waals surface area contributed by atoms with Gasteiger partial charge in [0, 0.05) is 23.2 Å². The highest BCUT2D eigenvalue weighted by molar-refractivity contribution is 6.35. The second-order valence-electron chi connectivity index (χ2n) is 6.50. The molecule has 1 atom stereocenters. The lowest BCUT2D eigenvalue weighted by Gasteiger charge is -2.17. The van der Waals surface area contributed by atoms with Gasteiger partial charge >= 0.3 is 0 Å². The van der Waals surface area contributed by atoms with Crippen LogP contribution in [0.3, 0.4) is 0 Å². The van der Waals surface area contributed by atoms with Crippen LogP contribution in [0.25, 0.3) is 0 Å². The summed E-state index contributed by atoms with van der Waals surface area (Å²) >= 11 is 12.1. The number of nitrogens with one attached hydrogen (secondary N) is 1. The molecule has 3 nitrogen and oxygen atoms in total. The van der Waals surface area contributed by atoms with Gasteiger partial charge in [-0.05, 0) is 42.8 Å². The van der Waals surface area contributed by atoms with Crippen LogP contribution in [0.15, 0.2) is 72.8 Å². The molecule has 0 heterocycles. The largest absolute Gasteiger partial charge is 0.493 e. The molecule has 1 N–H and O–H groups in total. The molecule has 0 aromatic heterocycles. The molecule has 3 rings (SSSR count). The van der Waals surface area contributed by atoms with E-state index in [0.29, 0.717) is 28.9 Å². The first-order chi connectivity index (χ1) is 13.6. The second-order valence-corrected chi connectivity index (χ2v) is 7.34. The van der Waals surface area contributed by atoms with E-state index in [1.165, 1.54) is 5.56 Å². The number of hydrogen-bond donors (Lipinski definition) is 1. The fourth-order valence-electron chi connectivity index (χ4n) is 2.72. The maximum absolute atomic E-state index is 6.16. The molecule has 28 heavy (non-hydrogen) atoms. The van der Waals surface area contributed by atoms with Crippen molar-refractivity contribution in [3.63, 3.8) is 0 Å². The van der Waals surface area contributed by atoms with Gasteiger partial charge in [0.2, 0.25) is 0 Å². The first kappa shape index (κ1) is 20.4. The Morgan fingerprint density at radius 3 is 2.54 bits per heavy atom. The van der Waals surface area contributed by atoms with Gasteiger partial charge in [0.25, 0.3) is 0 Å². The molecule has 0 amide bonds. The molecule has 1 unspecified atom stereocenters. The van der Waals surface area contributed by atoms with Gasteiger partial charge in [-0.15, -0.1) is 0 Å². The fourth-order valence-corrected chi connectivity index (χ4v) is 3.17. The predicted molar refractivity (Wildman–Crippen MR) is 117 cm³/mol. The Balaban J connectivity index is 1.47. The van der Waals surface area contributed by atoms with E-state index in [1.807, 2.05) is 49.4 Å². The van der Waals surface area contributed by atoms with Gasteiger partial charge < -0.3 is 14.8 Å². The van der Waals surface area contributed by atoms with Gasteiger partial charge in [-0.1, -0.05) is 59.6 Å². The van der Waals surface area contributed by atoms with Gasteiger partial charge in [0.15, 0.2) is 0 Å². The van der Waals surface area contributed by atoms with Gasteiger partial charge in [-0.3, -0.25) is 0 Å². The van der Waals surface area contributed by atoms with Crippen molar-refractivity contribution in [1.82, 2.24) is 0 Å². The molecular formula is C23H23Cl2NO2. The number of ether oxygens (including phenoxy) is 2. The van der Waals surface area contributed by atoms with E-state index in [2.05, 4.69) is 17.4 Å². The van der Waals surface area contributed by atoms with Gasteiger partial charge in [0.1, 0.15) is 17.6 Å². The van der Waals surface area contributed by atoms with Crippen molar-refractivity contribution < 1.29 is 9.47 Å². The standard InChI is InChI=1S/C23H23Cl2NO2/c1-17(28-23-11-10-19(24)14-22(23)25)16-26-20-8-5-9-21(15-20)27-13-12-18-6-3-2-4-7-18/h2-11,14-15,17,26H,12-13,16H2,1H3. The summed E-state index contributed by atoms with van der Waals surface area (Å²) in [4.78, 5) is 0. The number of rotatable bonds is 9. The molecule has 0 saturated carbocycles. The fraction of sp³-hybridized carbons (Fsp3) is 0.217. The maximum Gasteiger partial charge on any atom is 0.138 e.